The van der Waals surface area contributed by atoms with Crippen molar-refractivity contribution in [2.45, 2.75) is 23.9 Å². The summed E-state index contributed by atoms with van der Waals surface area (Å²) in [6, 6.07) is 0. The summed E-state index contributed by atoms with van der Waals surface area (Å²) in [5.41, 5.74) is 2.48. The molecule has 0 aliphatic rings. The number of hydrogen-bond acceptors (Lipinski definition) is 7. The van der Waals surface area contributed by atoms with E-state index in [4.69, 9.17) is 0 Å². The first kappa shape index (κ1) is 12.8. The van der Waals surface area contributed by atoms with E-state index in [1.807, 2.05) is 13.8 Å². The predicted molar refractivity (Wildman–Crippen MR) is 76.7 cm³/mol. The second-order valence-electron chi connectivity index (χ2n) is 4.06. The molecule has 20 heavy (non-hydrogen) atoms. The summed E-state index contributed by atoms with van der Waals surface area (Å²) in [5.74, 6) is 0.847. The summed E-state index contributed by atoms with van der Waals surface area (Å²) in [7, 11) is 0. The SMILES string of the molecule is CCNc1ncnc(Sc2ncnc3nc[nH]c23)c1C. The van der Waals surface area contributed by atoms with Crippen molar-refractivity contribution in [3.63, 3.8) is 0 Å². The van der Waals surface area contributed by atoms with Crippen LogP contribution in [-0.2, 0) is 0 Å². The molecule has 7 nitrogen and oxygen atoms in total. The zero-order valence-corrected chi connectivity index (χ0v) is 11.9. The van der Waals surface area contributed by atoms with Crippen LogP contribution in [0.1, 0.15) is 12.5 Å². The van der Waals surface area contributed by atoms with E-state index in [2.05, 4.69) is 35.2 Å². The highest BCUT2D eigenvalue weighted by Crippen LogP contribution is 2.31. The lowest BCUT2D eigenvalue weighted by Crippen LogP contribution is -2.03. The van der Waals surface area contributed by atoms with Crippen LogP contribution < -0.4 is 5.32 Å². The fourth-order valence-electron chi connectivity index (χ4n) is 1.79. The van der Waals surface area contributed by atoms with Crippen molar-refractivity contribution in [2.24, 2.45) is 0 Å². The van der Waals surface area contributed by atoms with Crippen LogP contribution in [-0.4, -0.2) is 36.4 Å². The number of aromatic amines is 1. The largest absolute Gasteiger partial charge is 0.370 e. The van der Waals surface area contributed by atoms with Crippen LogP contribution in [0.5, 0.6) is 0 Å². The molecule has 0 saturated carbocycles. The predicted octanol–water partition coefficient (Wildman–Crippen LogP) is 2.03. The summed E-state index contributed by atoms with van der Waals surface area (Å²) in [6.07, 6.45) is 4.67. The van der Waals surface area contributed by atoms with Gasteiger partial charge in [0.15, 0.2) is 5.65 Å². The summed E-state index contributed by atoms with van der Waals surface area (Å²) in [4.78, 5) is 24.1. The Bertz CT molecular complexity index is 740. The Labute approximate surface area is 119 Å². The molecule has 2 N–H and O–H groups in total. The van der Waals surface area contributed by atoms with Crippen LogP contribution in [0.2, 0.25) is 0 Å². The monoisotopic (exact) mass is 287 g/mol. The van der Waals surface area contributed by atoms with Gasteiger partial charge in [0.1, 0.15) is 34.0 Å². The van der Waals surface area contributed by atoms with Gasteiger partial charge >= 0.3 is 0 Å². The standard InChI is InChI=1S/C12H13N7S/c1-3-13-9-7(2)11(18-5-15-9)20-12-8-10(16-4-14-8)17-6-19-12/h4-6H,3H2,1-2H3,(H,13,15,18)(H,14,16,17,19). The molecule has 0 radical (unpaired) electrons. The lowest BCUT2D eigenvalue weighted by atomic mass is 10.3. The lowest BCUT2D eigenvalue weighted by molar-refractivity contribution is 0.984. The number of rotatable bonds is 4. The molecule has 8 heteroatoms. The Hall–Kier alpha value is -2.22. The van der Waals surface area contributed by atoms with Crippen molar-refractivity contribution >= 4 is 28.7 Å². The van der Waals surface area contributed by atoms with Gasteiger partial charge in [-0.3, -0.25) is 0 Å². The number of aromatic nitrogens is 6. The van der Waals surface area contributed by atoms with Crippen LogP contribution in [0.4, 0.5) is 5.82 Å². The van der Waals surface area contributed by atoms with Gasteiger partial charge in [-0.2, -0.15) is 0 Å². The summed E-state index contributed by atoms with van der Waals surface area (Å²) in [6.45, 7) is 4.85. The van der Waals surface area contributed by atoms with Gasteiger partial charge < -0.3 is 10.3 Å². The minimum Gasteiger partial charge on any atom is -0.370 e. The highest BCUT2D eigenvalue weighted by Gasteiger charge is 2.12. The number of nitrogens with one attached hydrogen (secondary N) is 2. The number of nitrogens with zero attached hydrogens (tertiary/aromatic N) is 5. The van der Waals surface area contributed by atoms with Crippen molar-refractivity contribution in [1.82, 2.24) is 29.9 Å². The molecule has 0 unspecified atom stereocenters. The van der Waals surface area contributed by atoms with Crippen molar-refractivity contribution in [3.05, 3.63) is 24.5 Å². The normalized spacial score (nSPS) is 10.9. The number of anilines is 1. The highest BCUT2D eigenvalue weighted by molar-refractivity contribution is 7.99. The van der Waals surface area contributed by atoms with Gasteiger partial charge in [0.25, 0.3) is 0 Å². The minimum absolute atomic E-state index is 0.654. The maximum Gasteiger partial charge on any atom is 0.181 e. The molecule has 0 aliphatic heterocycles. The average Bonchev–Trinajstić information content (AvgIpc) is 2.93. The first-order valence-electron chi connectivity index (χ1n) is 6.17. The smallest absolute Gasteiger partial charge is 0.181 e. The molecule has 0 aromatic carbocycles. The van der Waals surface area contributed by atoms with E-state index in [0.717, 1.165) is 33.5 Å². The van der Waals surface area contributed by atoms with Crippen LogP contribution in [0, 0.1) is 6.92 Å². The zero-order valence-electron chi connectivity index (χ0n) is 11.1. The van der Waals surface area contributed by atoms with Crippen LogP contribution >= 0.6 is 11.8 Å². The van der Waals surface area contributed by atoms with Gasteiger partial charge in [0.05, 0.1) is 6.33 Å². The second-order valence-corrected chi connectivity index (χ2v) is 5.04. The fourth-order valence-corrected chi connectivity index (χ4v) is 2.68. The average molecular weight is 287 g/mol. The van der Waals surface area contributed by atoms with Gasteiger partial charge in [0, 0.05) is 12.1 Å². The van der Waals surface area contributed by atoms with Crippen molar-refractivity contribution in [1.29, 1.82) is 0 Å². The quantitative estimate of drug-likeness (QED) is 0.709. The zero-order chi connectivity index (χ0) is 13.9. The first-order valence-corrected chi connectivity index (χ1v) is 6.98. The fraction of sp³-hybridized carbons (Fsp3) is 0.250. The van der Waals surface area contributed by atoms with E-state index in [1.54, 1.807) is 12.7 Å². The van der Waals surface area contributed by atoms with E-state index < -0.39 is 0 Å². The summed E-state index contributed by atoms with van der Waals surface area (Å²) in [5, 5.41) is 4.89. The topological polar surface area (TPSA) is 92.3 Å². The van der Waals surface area contributed by atoms with Crippen molar-refractivity contribution < 1.29 is 0 Å². The molecule has 0 bridgehead atoms. The minimum atomic E-state index is 0.654. The molecule has 0 aliphatic carbocycles. The maximum atomic E-state index is 4.32. The van der Waals surface area contributed by atoms with Crippen LogP contribution in [0.3, 0.4) is 0 Å². The van der Waals surface area contributed by atoms with Gasteiger partial charge in [-0.15, -0.1) is 0 Å². The van der Waals surface area contributed by atoms with E-state index in [9.17, 15) is 0 Å². The third-order valence-corrected chi connectivity index (χ3v) is 3.87. The molecule has 102 valence electrons. The molecular weight excluding hydrogens is 274 g/mol. The third kappa shape index (κ3) is 2.29. The first-order chi connectivity index (χ1) is 9.79. The van der Waals surface area contributed by atoms with E-state index in [0.29, 0.717) is 5.65 Å². The Morgan fingerprint density at radius 3 is 2.75 bits per heavy atom. The highest BCUT2D eigenvalue weighted by atomic mass is 32.2. The van der Waals surface area contributed by atoms with Crippen LogP contribution in [0.15, 0.2) is 29.0 Å². The van der Waals surface area contributed by atoms with Gasteiger partial charge in [0.2, 0.25) is 0 Å². The van der Waals surface area contributed by atoms with E-state index in [1.165, 1.54) is 18.1 Å². The Kier molecular flexibility index (Phi) is 3.46. The molecule has 0 spiro atoms. The molecule has 0 atom stereocenters. The van der Waals surface area contributed by atoms with Crippen molar-refractivity contribution in [2.75, 3.05) is 11.9 Å². The Balaban J connectivity index is 1.99. The van der Waals surface area contributed by atoms with Gasteiger partial charge in [-0.1, -0.05) is 0 Å². The molecule has 3 heterocycles. The molecule has 3 aromatic heterocycles. The van der Waals surface area contributed by atoms with Gasteiger partial charge in [-0.25, -0.2) is 24.9 Å². The molecule has 0 amide bonds. The third-order valence-electron chi connectivity index (χ3n) is 2.76. The number of fused-ring (bicyclic) bond motifs is 1. The lowest BCUT2D eigenvalue weighted by Gasteiger charge is -2.09. The number of imidazole rings is 1. The Morgan fingerprint density at radius 2 is 1.90 bits per heavy atom. The number of H-pyrrole nitrogens is 1. The van der Waals surface area contributed by atoms with E-state index in [-0.39, 0.29) is 0 Å². The van der Waals surface area contributed by atoms with Crippen LogP contribution in [0.25, 0.3) is 11.2 Å². The molecule has 0 saturated heterocycles. The van der Waals surface area contributed by atoms with Crippen molar-refractivity contribution in [3.8, 4) is 0 Å². The summed E-state index contributed by atoms with van der Waals surface area (Å²) < 4.78 is 0. The second kappa shape index (κ2) is 5.41. The van der Waals surface area contributed by atoms with E-state index >= 15 is 0 Å². The molecular formula is C12H13N7S. The van der Waals surface area contributed by atoms with Gasteiger partial charge in [-0.05, 0) is 25.6 Å². The molecule has 3 rings (SSSR count). The molecule has 3 aromatic rings. The number of hydrogen-bond donors (Lipinski definition) is 2. The Morgan fingerprint density at radius 1 is 1.10 bits per heavy atom. The molecule has 0 fully saturated rings. The summed E-state index contributed by atoms with van der Waals surface area (Å²) >= 11 is 1.47. The maximum absolute atomic E-state index is 4.32.